The predicted molar refractivity (Wildman–Crippen MR) is 110 cm³/mol. The topological polar surface area (TPSA) is 75.7 Å². The number of carbonyl (C=O) groups excluding carboxylic acids is 1. The molecule has 1 heterocycles. The molecule has 11 heteroatoms. The number of benzene rings is 2. The molecule has 0 aliphatic carbocycles. The van der Waals surface area contributed by atoms with Crippen LogP contribution in [0.1, 0.15) is 5.56 Å². The molecule has 3 rings (SSSR count). The van der Waals surface area contributed by atoms with Crippen molar-refractivity contribution in [1.29, 1.82) is 0 Å². The molecule has 2 aromatic carbocycles. The van der Waals surface area contributed by atoms with Gasteiger partial charge < -0.3 is 10.1 Å². The largest absolute Gasteiger partial charge is 0.417 e. The normalized spacial score (nSPS) is 16.2. The number of nitrogens with zero attached hydrogens (tertiary/aromatic N) is 1. The number of alkyl halides is 3. The molecule has 0 unspecified atom stereocenters. The van der Waals surface area contributed by atoms with E-state index in [1.807, 2.05) is 0 Å². The zero-order valence-electron chi connectivity index (χ0n) is 16.0. The van der Waals surface area contributed by atoms with Crippen LogP contribution in [0.5, 0.6) is 0 Å². The highest BCUT2D eigenvalue weighted by molar-refractivity contribution is 7.89. The van der Waals surface area contributed by atoms with Crippen molar-refractivity contribution in [1.82, 2.24) is 4.31 Å². The van der Waals surface area contributed by atoms with E-state index in [-0.39, 0.29) is 47.5 Å². The minimum Gasteiger partial charge on any atom is -0.379 e. The Hall–Kier alpha value is -2.40. The molecule has 1 fully saturated rings. The van der Waals surface area contributed by atoms with Gasteiger partial charge in [-0.3, -0.25) is 4.79 Å². The van der Waals surface area contributed by atoms with Crippen LogP contribution in [-0.2, 0) is 19.6 Å². The second kappa shape index (κ2) is 9.39. The fourth-order valence-electron chi connectivity index (χ4n) is 2.96. The molecule has 0 aromatic heterocycles. The zero-order valence-corrected chi connectivity index (χ0v) is 17.6. The highest BCUT2D eigenvalue weighted by atomic mass is 35.5. The maximum absolute atomic E-state index is 13.4. The number of morpholine rings is 1. The van der Waals surface area contributed by atoms with Gasteiger partial charge in [0, 0.05) is 24.9 Å². The standard InChI is InChI=1S/C20H18ClF3N2O4S/c21-17-7-6-15(12-18(17)31(28,29)26-8-10-30-11-9-26)25-19(27)13-16(20(22,23)24)14-4-2-1-3-5-14/h1-7,12-13H,8-11H2,(H,25,27)/b16-13+. The molecule has 0 saturated carbocycles. The summed E-state index contributed by atoms with van der Waals surface area (Å²) in [6, 6.07) is 10.6. The summed E-state index contributed by atoms with van der Waals surface area (Å²) >= 11 is 6.05. The van der Waals surface area contributed by atoms with Gasteiger partial charge in [-0.25, -0.2) is 8.42 Å². The van der Waals surface area contributed by atoms with E-state index in [0.717, 1.165) is 6.07 Å². The average molecular weight is 475 g/mol. The maximum Gasteiger partial charge on any atom is 0.417 e. The maximum atomic E-state index is 13.4. The molecule has 1 aliphatic heterocycles. The summed E-state index contributed by atoms with van der Waals surface area (Å²) in [5.41, 5.74) is -1.30. The van der Waals surface area contributed by atoms with Crippen LogP contribution >= 0.6 is 11.6 Å². The second-order valence-electron chi connectivity index (χ2n) is 6.57. The van der Waals surface area contributed by atoms with Crippen molar-refractivity contribution in [2.75, 3.05) is 31.6 Å². The lowest BCUT2D eigenvalue weighted by molar-refractivity contribution is -0.112. The van der Waals surface area contributed by atoms with E-state index < -0.39 is 27.7 Å². The predicted octanol–water partition coefficient (Wildman–Crippen LogP) is 3.95. The number of amides is 1. The molecule has 1 aliphatic rings. The van der Waals surface area contributed by atoms with E-state index >= 15 is 0 Å². The van der Waals surface area contributed by atoms with Crippen LogP contribution in [0, 0.1) is 0 Å². The number of carbonyl (C=O) groups is 1. The third-order valence-corrected chi connectivity index (χ3v) is 6.83. The Morgan fingerprint density at radius 2 is 1.74 bits per heavy atom. The Morgan fingerprint density at radius 1 is 1.10 bits per heavy atom. The van der Waals surface area contributed by atoms with Crippen molar-refractivity contribution < 1.29 is 31.1 Å². The van der Waals surface area contributed by atoms with Crippen LogP contribution < -0.4 is 5.32 Å². The van der Waals surface area contributed by atoms with E-state index in [9.17, 15) is 26.4 Å². The van der Waals surface area contributed by atoms with Crippen molar-refractivity contribution in [3.05, 3.63) is 65.2 Å². The number of sulfonamides is 1. The third-order valence-electron chi connectivity index (χ3n) is 4.45. The first-order valence-corrected chi connectivity index (χ1v) is 10.9. The van der Waals surface area contributed by atoms with E-state index in [0.29, 0.717) is 6.08 Å². The van der Waals surface area contributed by atoms with Gasteiger partial charge in [0.05, 0.1) is 23.8 Å². The van der Waals surface area contributed by atoms with Gasteiger partial charge in [0.1, 0.15) is 4.90 Å². The minimum absolute atomic E-state index is 0.00734. The highest BCUT2D eigenvalue weighted by Crippen LogP contribution is 2.34. The minimum atomic E-state index is -4.76. The molecule has 0 spiro atoms. The van der Waals surface area contributed by atoms with Gasteiger partial charge in [-0.2, -0.15) is 17.5 Å². The number of hydrogen-bond acceptors (Lipinski definition) is 4. The molecule has 166 valence electrons. The first-order valence-electron chi connectivity index (χ1n) is 9.12. The van der Waals surface area contributed by atoms with Crippen LogP contribution in [0.3, 0.4) is 0 Å². The third kappa shape index (κ3) is 5.65. The van der Waals surface area contributed by atoms with Crippen molar-refractivity contribution in [2.45, 2.75) is 11.1 Å². The molecule has 2 aromatic rings. The first kappa shape index (κ1) is 23.3. The quantitative estimate of drug-likeness (QED) is 0.666. The number of rotatable bonds is 5. The monoisotopic (exact) mass is 474 g/mol. The molecular weight excluding hydrogens is 457 g/mol. The van der Waals surface area contributed by atoms with Gasteiger partial charge >= 0.3 is 6.18 Å². The molecule has 0 radical (unpaired) electrons. The summed E-state index contributed by atoms with van der Waals surface area (Å²) < 4.78 is 72.3. The molecule has 0 atom stereocenters. The molecule has 0 bridgehead atoms. The summed E-state index contributed by atoms with van der Waals surface area (Å²) in [6.45, 7) is 0.754. The molecule has 1 N–H and O–H groups in total. The van der Waals surface area contributed by atoms with Crippen LogP contribution in [0.25, 0.3) is 5.57 Å². The lowest BCUT2D eigenvalue weighted by Gasteiger charge is -2.26. The van der Waals surface area contributed by atoms with Gasteiger partial charge in [0.15, 0.2) is 0 Å². The summed E-state index contributed by atoms with van der Waals surface area (Å²) in [5.74, 6) is -1.06. The number of nitrogens with one attached hydrogen (secondary N) is 1. The Morgan fingerprint density at radius 3 is 2.35 bits per heavy atom. The summed E-state index contributed by atoms with van der Waals surface area (Å²) in [7, 11) is -3.97. The molecule has 6 nitrogen and oxygen atoms in total. The molecule has 1 saturated heterocycles. The van der Waals surface area contributed by atoms with E-state index in [2.05, 4.69) is 5.32 Å². The number of ether oxygens (including phenoxy) is 1. The van der Waals surface area contributed by atoms with Crippen molar-refractivity contribution in [2.24, 2.45) is 0 Å². The number of allylic oxidation sites excluding steroid dienone is 1. The fraction of sp³-hybridized carbons (Fsp3) is 0.250. The van der Waals surface area contributed by atoms with Gasteiger partial charge in [-0.15, -0.1) is 0 Å². The average Bonchev–Trinajstić information content (AvgIpc) is 2.74. The molecular formula is C20H18ClF3N2O4S. The van der Waals surface area contributed by atoms with E-state index in [1.54, 1.807) is 6.07 Å². The lowest BCUT2D eigenvalue weighted by Crippen LogP contribution is -2.40. The smallest absolute Gasteiger partial charge is 0.379 e. The second-order valence-corrected chi connectivity index (χ2v) is 8.89. The fourth-order valence-corrected chi connectivity index (χ4v) is 4.87. The molecule has 1 amide bonds. The van der Waals surface area contributed by atoms with E-state index in [4.69, 9.17) is 16.3 Å². The van der Waals surface area contributed by atoms with Gasteiger partial charge in [0.2, 0.25) is 15.9 Å². The first-order chi connectivity index (χ1) is 14.6. The van der Waals surface area contributed by atoms with Gasteiger partial charge in [-0.1, -0.05) is 41.9 Å². The van der Waals surface area contributed by atoms with Crippen LogP contribution in [-0.4, -0.2) is 51.1 Å². The van der Waals surface area contributed by atoms with Crippen molar-refractivity contribution in [3.8, 4) is 0 Å². The van der Waals surface area contributed by atoms with Crippen LogP contribution in [0.15, 0.2) is 59.5 Å². The highest BCUT2D eigenvalue weighted by Gasteiger charge is 2.35. The number of anilines is 1. The molecule has 31 heavy (non-hydrogen) atoms. The van der Waals surface area contributed by atoms with Gasteiger partial charge in [-0.05, 0) is 23.8 Å². The SMILES string of the molecule is O=C(/C=C(\c1ccccc1)C(F)(F)F)Nc1ccc(Cl)c(S(=O)(=O)N2CCOCC2)c1. The number of halogens is 4. The van der Waals surface area contributed by atoms with Crippen LogP contribution in [0.2, 0.25) is 5.02 Å². The summed E-state index contributed by atoms with van der Waals surface area (Å²) in [4.78, 5) is 12.0. The van der Waals surface area contributed by atoms with Gasteiger partial charge in [0.25, 0.3) is 0 Å². The van der Waals surface area contributed by atoms with Crippen LogP contribution in [0.4, 0.5) is 18.9 Å². The Kier molecular flexibility index (Phi) is 7.05. The summed E-state index contributed by atoms with van der Waals surface area (Å²) in [5, 5.41) is 2.21. The Labute approximate surface area is 182 Å². The Bertz CT molecular complexity index is 1080. The van der Waals surface area contributed by atoms with Crippen molar-refractivity contribution in [3.63, 3.8) is 0 Å². The lowest BCUT2D eigenvalue weighted by atomic mass is 10.1. The number of hydrogen-bond donors (Lipinski definition) is 1. The van der Waals surface area contributed by atoms with Crippen molar-refractivity contribution >= 4 is 38.8 Å². The summed E-state index contributed by atoms with van der Waals surface area (Å²) in [6.07, 6.45) is -4.33. The van der Waals surface area contributed by atoms with E-state index in [1.165, 1.54) is 40.7 Å². The Balaban J connectivity index is 1.88. The zero-order chi connectivity index (χ0) is 22.6.